The van der Waals surface area contributed by atoms with Crippen LogP contribution in [0.4, 0.5) is 0 Å². The number of aromatic nitrogens is 2. The number of hydrogen-bond acceptors (Lipinski definition) is 3. The maximum Gasteiger partial charge on any atom is 0.138 e. The number of pyridine rings is 1. The van der Waals surface area contributed by atoms with Crippen LogP contribution in [0.5, 0.6) is 0 Å². The minimum absolute atomic E-state index is 0.836. The number of hydrogen-bond donors (Lipinski definition) is 1. The minimum atomic E-state index is 0.836. The van der Waals surface area contributed by atoms with Gasteiger partial charge in [-0.1, -0.05) is 26.3 Å². The average molecular weight is 313 g/mol. The molecule has 2 aromatic heterocycles. The first-order chi connectivity index (χ1) is 10.8. The van der Waals surface area contributed by atoms with E-state index in [0.717, 1.165) is 36.4 Å². The van der Waals surface area contributed by atoms with Gasteiger partial charge in [-0.3, -0.25) is 4.99 Å². The van der Waals surface area contributed by atoms with Gasteiger partial charge >= 0.3 is 0 Å². The molecule has 0 fully saturated rings. The maximum absolute atomic E-state index is 4.71. The quantitative estimate of drug-likeness (QED) is 0.648. The number of nitrogens with zero attached hydrogens (tertiary/aromatic N) is 2. The molecule has 1 N–H and O–H groups in total. The van der Waals surface area contributed by atoms with E-state index >= 15 is 0 Å². The van der Waals surface area contributed by atoms with Crippen LogP contribution in [-0.4, -0.2) is 16.7 Å². The second-order valence-electron chi connectivity index (χ2n) is 5.07. The summed E-state index contributed by atoms with van der Waals surface area (Å²) in [5.74, 6) is 0.836. The summed E-state index contributed by atoms with van der Waals surface area (Å²) in [6.07, 6.45) is 9.44. The number of thioether (sulfide) groups is 1. The zero-order chi connectivity index (χ0) is 15.8. The van der Waals surface area contributed by atoms with E-state index in [1.165, 1.54) is 16.5 Å². The highest BCUT2D eigenvalue weighted by Crippen LogP contribution is 2.28. The Hall–Kier alpha value is -1.81. The molecule has 2 rings (SSSR count). The number of rotatable bonds is 8. The normalized spacial score (nSPS) is 12.4. The van der Waals surface area contributed by atoms with Crippen molar-refractivity contribution >= 4 is 35.1 Å². The van der Waals surface area contributed by atoms with Crippen LogP contribution in [-0.2, 0) is 5.75 Å². The third-order valence-corrected chi connectivity index (χ3v) is 4.18. The Morgan fingerprint density at radius 2 is 2.27 bits per heavy atom. The molecule has 116 valence electrons. The molecular weight excluding hydrogens is 290 g/mol. The summed E-state index contributed by atoms with van der Waals surface area (Å²) >= 11 is 1.67. The van der Waals surface area contributed by atoms with Gasteiger partial charge in [0.2, 0.25) is 0 Å². The fraction of sp³-hybridized carbons (Fsp3) is 0.333. The van der Waals surface area contributed by atoms with Gasteiger partial charge in [-0.15, -0.1) is 11.8 Å². The third kappa shape index (κ3) is 4.10. The summed E-state index contributed by atoms with van der Waals surface area (Å²) in [5.41, 5.74) is 4.74. The highest BCUT2D eigenvalue weighted by molar-refractivity contribution is 8.01. The Morgan fingerprint density at radius 1 is 1.41 bits per heavy atom. The number of aromatic amines is 1. The van der Waals surface area contributed by atoms with Crippen LogP contribution < -0.4 is 0 Å². The van der Waals surface area contributed by atoms with E-state index in [0.29, 0.717) is 0 Å². The number of nitrogens with one attached hydrogen (secondary N) is 1. The molecule has 2 aromatic rings. The maximum atomic E-state index is 4.71. The van der Waals surface area contributed by atoms with Crippen LogP contribution in [0.15, 0.2) is 41.0 Å². The van der Waals surface area contributed by atoms with Crippen molar-refractivity contribution in [2.45, 2.75) is 38.9 Å². The molecule has 0 radical (unpaired) electrons. The van der Waals surface area contributed by atoms with Gasteiger partial charge in [0.25, 0.3) is 0 Å². The lowest BCUT2D eigenvalue weighted by atomic mass is 10.0. The highest BCUT2D eigenvalue weighted by Gasteiger charge is 2.09. The van der Waals surface area contributed by atoms with E-state index in [4.69, 9.17) is 4.98 Å². The van der Waals surface area contributed by atoms with Crippen molar-refractivity contribution in [2.75, 3.05) is 0 Å². The predicted molar refractivity (Wildman–Crippen MR) is 99.3 cm³/mol. The molecule has 0 aliphatic rings. The zero-order valence-electron chi connectivity index (χ0n) is 13.3. The van der Waals surface area contributed by atoms with E-state index in [1.807, 2.05) is 5.41 Å². The molecule has 3 nitrogen and oxygen atoms in total. The van der Waals surface area contributed by atoms with Crippen LogP contribution in [0.25, 0.3) is 16.6 Å². The average Bonchev–Trinajstić information content (AvgIpc) is 2.94. The SMILES string of the molecule is C=N/C=C\SCc1ccc2c(/C(=C/CC)CCC)c[nH]c2n1. The van der Waals surface area contributed by atoms with Crippen LogP contribution >= 0.6 is 11.8 Å². The molecule has 0 saturated heterocycles. The van der Waals surface area contributed by atoms with E-state index in [9.17, 15) is 0 Å². The zero-order valence-corrected chi connectivity index (χ0v) is 14.1. The van der Waals surface area contributed by atoms with E-state index in [-0.39, 0.29) is 0 Å². The van der Waals surface area contributed by atoms with Crippen LogP contribution in [0.3, 0.4) is 0 Å². The summed E-state index contributed by atoms with van der Waals surface area (Å²) in [4.78, 5) is 11.7. The van der Waals surface area contributed by atoms with Crippen molar-refractivity contribution in [2.24, 2.45) is 4.99 Å². The summed E-state index contributed by atoms with van der Waals surface area (Å²) in [7, 11) is 0. The Morgan fingerprint density at radius 3 is 3.00 bits per heavy atom. The van der Waals surface area contributed by atoms with Crippen LogP contribution in [0.2, 0.25) is 0 Å². The van der Waals surface area contributed by atoms with Gasteiger partial charge in [-0.05, 0) is 42.7 Å². The monoisotopic (exact) mass is 313 g/mol. The Kier molecular flexibility index (Phi) is 6.46. The molecule has 0 atom stereocenters. The first-order valence-corrected chi connectivity index (χ1v) is 8.73. The first-order valence-electron chi connectivity index (χ1n) is 7.69. The molecular formula is C18H23N3S. The lowest BCUT2D eigenvalue weighted by Crippen LogP contribution is -1.88. The minimum Gasteiger partial charge on any atom is -0.346 e. The Labute approximate surface area is 136 Å². The van der Waals surface area contributed by atoms with Gasteiger partial charge in [0.05, 0.1) is 5.69 Å². The number of fused-ring (bicyclic) bond motifs is 1. The molecule has 0 aliphatic heterocycles. The van der Waals surface area contributed by atoms with Gasteiger partial charge in [-0.25, -0.2) is 4.98 Å². The van der Waals surface area contributed by atoms with Crippen molar-refractivity contribution in [1.29, 1.82) is 0 Å². The number of H-pyrrole nitrogens is 1. The fourth-order valence-corrected chi connectivity index (χ4v) is 3.07. The summed E-state index contributed by atoms with van der Waals surface area (Å²) in [6, 6.07) is 4.29. The third-order valence-electron chi connectivity index (χ3n) is 3.41. The van der Waals surface area contributed by atoms with Crippen LogP contribution in [0, 0.1) is 0 Å². The largest absolute Gasteiger partial charge is 0.346 e. The standard InChI is InChI=1S/C18H23N3S/c1-4-6-14(7-5-2)17-12-20-18-16(17)9-8-15(21-18)13-22-11-10-19-3/h6,8-12H,3-5,7,13H2,1-2H3,(H,20,21)/b11-10-,14-6+. The molecule has 0 saturated carbocycles. The summed E-state index contributed by atoms with van der Waals surface area (Å²) in [5, 5.41) is 3.15. The second-order valence-corrected chi connectivity index (χ2v) is 5.96. The lowest BCUT2D eigenvalue weighted by molar-refractivity contribution is 0.968. The molecule has 0 amide bonds. The number of aliphatic imine (C=N–C) groups is 1. The molecule has 0 bridgehead atoms. The molecule has 4 heteroatoms. The van der Waals surface area contributed by atoms with Crippen molar-refractivity contribution in [3.8, 4) is 0 Å². The second kappa shape index (κ2) is 8.59. The van der Waals surface area contributed by atoms with Crippen molar-refractivity contribution < 1.29 is 0 Å². The van der Waals surface area contributed by atoms with Gasteiger partial charge in [0.15, 0.2) is 0 Å². The van der Waals surface area contributed by atoms with E-state index in [1.54, 1.807) is 18.0 Å². The highest BCUT2D eigenvalue weighted by atomic mass is 32.2. The Bertz CT molecular complexity index is 683. The summed E-state index contributed by atoms with van der Waals surface area (Å²) in [6.45, 7) is 7.82. The topological polar surface area (TPSA) is 41.0 Å². The molecule has 22 heavy (non-hydrogen) atoms. The Balaban J connectivity index is 2.24. The van der Waals surface area contributed by atoms with E-state index in [2.05, 4.69) is 54.9 Å². The van der Waals surface area contributed by atoms with Crippen LogP contribution in [0.1, 0.15) is 44.4 Å². The van der Waals surface area contributed by atoms with Crippen molar-refractivity contribution in [3.05, 3.63) is 47.3 Å². The molecule has 0 unspecified atom stereocenters. The first kappa shape index (κ1) is 16.6. The van der Waals surface area contributed by atoms with Gasteiger partial charge in [0.1, 0.15) is 5.65 Å². The predicted octanol–water partition coefficient (Wildman–Crippen LogP) is 5.56. The lowest BCUT2D eigenvalue weighted by Gasteiger charge is -2.05. The van der Waals surface area contributed by atoms with Gasteiger partial charge in [0, 0.05) is 29.1 Å². The molecule has 0 aliphatic carbocycles. The fourth-order valence-electron chi connectivity index (χ4n) is 2.47. The van der Waals surface area contributed by atoms with Gasteiger partial charge < -0.3 is 4.98 Å². The van der Waals surface area contributed by atoms with Crippen molar-refractivity contribution in [1.82, 2.24) is 9.97 Å². The molecule has 2 heterocycles. The van der Waals surface area contributed by atoms with E-state index < -0.39 is 0 Å². The molecule has 0 aromatic carbocycles. The number of allylic oxidation sites excluding steroid dienone is 2. The molecule has 0 spiro atoms. The smallest absolute Gasteiger partial charge is 0.138 e. The van der Waals surface area contributed by atoms with Crippen molar-refractivity contribution in [3.63, 3.8) is 0 Å². The van der Waals surface area contributed by atoms with Gasteiger partial charge in [-0.2, -0.15) is 0 Å². The summed E-state index contributed by atoms with van der Waals surface area (Å²) < 4.78 is 0.